The van der Waals surface area contributed by atoms with Crippen LogP contribution in [0, 0.1) is 0 Å². The van der Waals surface area contributed by atoms with Crippen LogP contribution in [-0.4, -0.2) is 9.78 Å². The molecule has 108 valence electrons. The normalized spacial score (nSPS) is 11.1. The zero-order valence-corrected chi connectivity index (χ0v) is 13.9. The van der Waals surface area contributed by atoms with Gasteiger partial charge in [0.15, 0.2) is 0 Å². The molecule has 2 aromatic rings. The van der Waals surface area contributed by atoms with Crippen molar-refractivity contribution < 1.29 is 0 Å². The summed E-state index contributed by atoms with van der Waals surface area (Å²) < 4.78 is 2.01. The molecule has 0 aliphatic carbocycles. The Kier molecular flexibility index (Phi) is 5.36. The van der Waals surface area contributed by atoms with Crippen LogP contribution in [0.25, 0.3) is 0 Å². The second-order valence-corrected chi connectivity index (χ2v) is 5.72. The maximum absolute atomic E-state index is 6.24. The molecule has 20 heavy (non-hydrogen) atoms. The summed E-state index contributed by atoms with van der Waals surface area (Å²) >= 11 is 18.2. The molecule has 0 N–H and O–H groups in total. The molecule has 5 heteroatoms. The summed E-state index contributed by atoms with van der Waals surface area (Å²) in [7, 11) is 0. The van der Waals surface area contributed by atoms with Gasteiger partial charge in [0, 0.05) is 21.3 Å². The Hall–Kier alpha value is -0.700. The monoisotopic (exact) mass is 330 g/mol. The number of hydrogen-bond acceptors (Lipinski definition) is 1. The van der Waals surface area contributed by atoms with Gasteiger partial charge in [0.1, 0.15) is 0 Å². The fourth-order valence-corrected chi connectivity index (χ4v) is 3.14. The van der Waals surface area contributed by atoms with Crippen molar-refractivity contribution in [2.45, 2.75) is 39.1 Å². The van der Waals surface area contributed by atoms with Crippen LogP contribution in [-0.2, 0) is 25.3 Å². The summed E-state index contributed by atoms with van der Waals surface area (Å²) in [5.74, 6) is 0.501. The van der Waals surface area contributed by atoms with Gasteiger partial charge in [-0.25, -0.2) is 0 Å². The first-order valence-corrected chi connectivity index (χ1v) is 7.97. The average Bonchev–Trinajstić information content (AvgIpc) is 2.78. The van der Waals surface area contributed by atoms with Gasteiger partial charge in [0.25, 0.3) is 0 Å². The fourth-order valence-electron chi connectivity index (χ4n) is 2.37. The lowest BCUT2D eigenvalue weighted by Gasteiger charge is -2.09. The quantitative estimate of drug-likeness (QED) is 0.697. The molecule has 2 nitrogen and oxygen atoms in total. The lowest BCUT2D eigenvalue weighted by Crippen LogP contribution is -2.07. The summed E-state index contributed by atoms with van der Waals surface area (Å²) in [6.07, 6.45) is 1.79. The minimum Gasteiger partial charge on any atom is -0.265 e. The molecule has 1 aromatic heterocycles. The lowest BCUT2D eigenvalue weighted by atomic mass is 10.1. The number of nitrogens with zero attached hydrogens (tertiary/aromatic N) is 2. The second kappa shape index (κ2) is 6.84. The summed E-state index contributed by atoms with van der Waals surface area (Å²) in [6, 6.07) is 5.55. The van der Waals surface area contributed by atoms with Crippen molar-refractivity contribution in [2.24, 2.45) is 0 Å². The van der Waals surface area contributed by atoms with E-state index in [1.807, 2.05) is 16.8 Å². The molecule has 0 aliphatic heterocycles. The van der Waals surface area contributed by atoms with E-state index in [4.69, 9.17) is 34.8 Å². The van der Waals surface area contributed by atoms with Crippen LogP contribution in [0.4, 0.5) is 0 Å². The average molecular weight is 332 g/mol. The van der Waals surface area contributed by atoms with E-state index in [-0.39, 0.29) is 0 Å². The third-order valence-corrected chi connectivity index (χ3v) is 4.24. The molecule has 0 saturated heterocycles. The molecule has 0 spiro atoms. The Morgan fingerprint density at radius 2 is 1.90 bits per heavy atom. The van der Waals surface area contributed by atoms with Gasteiger partial charge in [-0.2, -0.15) is 5.10 Å². The van der Waals surface area contributed by atoms with E-state index in [0.29, 0.717) is 22.5 Å². The van der Waals surface area contributed by atoms with Gasteiger partial charge in [-0.15, -0.1) is 11.6 Å². The van der Waals surface area contributed by atoms with E-state index in [2.05, 4.69) is 18.9 Å². The van der Waals surface area contributed by atoms with Crippen molar-refractivity contribution in [3.05, 3.63) is 50.8 Å². The Balaban J connectivity index is 2.40. The molecule has 1 aromatic carbocycles. The highest BCUT2D eigenvalue weighted by Crippen LogP contribution is 2.24. The molecule has 0 bridgehead atoms. The fraction of sp³-hybridized carbons (Fsp3) is 0.400. The van der Waals surface area contributed by atoms with E-state index < -0.39 is 0 Å². The number of benzene rings is 1. The maximum atomic E-state index is 6.24. The van der Waals surface area contributed by atoms with Crippen LogP contribution in [0.1, 0.15) is 36.4 Å². The van der Waals surface area contributed by atoms with Gasteiger partial charge in [0.2, 0.25) is 0 Å². The third-order valence-electron chi connectivity index (χ3n) is 3.39. The first-order valence-electron chi connectivity index (χ1n) is 6.68. The van der Waals surface area contributed by atoms with E-state index >= 15 is 0 Å². The number of alkyl halides is 1. The van der Waals surface area contributed by atoms with Crippen molar-refractivity contribution in [1.29, 1.82) is 0 Å². The predicted octanol–water partition coefficient (Wildman–Crippen LogP) is 5.10. The largest absolute Gasteiger partial charge is 0.265 e. The van der Waals surface area contributed by atoms with Crippen LogP contribution in [0.5, 0.6) is 0 Å². The van der Waals surface area contributed by atoms with Gasteiger partial charge in [-0.1, -0.05) is 43.1 Å². The van der Waals surface area contributed by atoms with Crippen molar-refractivity contribution in [2.75, 3.05) is 0 Å². The van der Waals surface area contributed by atoms with Crippen molar-refractivity contribution >= 4 is 34.8 Å². The van der Waals surface area contributed by atoms with E-state index in [1.54, 1.807) is 6.07 Å². The van der Waals surface area contributed by atoms with E-state index in [9.17, 15) is 0 Å². The summed E-state index contributed by atoms with van der Waals surface area (Å²) in [4.78, 5) is 0. The number of rotatable bonds is 5. The minimum absolute atomic E-state index is 0.501. The molecule has 1 heterocycles. The number of aromatic nitrogens is 2. The Labute approximate surface area is 134 Å². The molecule has 0 atom stereocenters. The van der Waals surface area contributed by atoms with Crippen LogP contribution < -0.4 is 0 Å². The van der Waals surface area contributed by atoms with Gasteiger partial charge >= 0.3 is 0 Å². The number of halogens is 3. The highest BCUT2D eigenvalue weighted by Gasteiger charge is 2.15. The van der Waals surface area contributed by atoms with Gasteiger partial charge < -0.3 is 0 Å². The molecule has 0 fully saturated rings. The van der Waals surface area contributed by atoms with Crippen molar-refractivity contribution in [3.8, 4) is 0 Å². The SMILES string of the molecule is CCc1nn(Cc2ccc(Cl)cc2Cl)c(CC)c1CCl. The summed E-state index contributed by atoms with van der Waals surface area (Å²) in [5.41, 5.74) is 4.42. The molecule has 0 unspecified atom stereocenters. The molecule has 0 amide bonds. The van der Waals surface area contributed by atoms with Gasteiger partial charge in [-0.3, -0.25) is 4.68 Å². The Morgan fingerprint density at radius 1 is 1.15 bits per heavy atom. The van der Waals surface area contributed by atoms with Crippen LogP contribution in [0.15, 0.2) is 18.2 Å². The third kappa shape index (κ3) is 3.13. The lowest BCUT2D eigenvalue weighted by molar-refractivity contribution is 0.640. The maximum Gasteiger partial charge on any atom is 0.0677 e. The first kappa shape index (κ1) is 15.7. The van der Waals surface area contributed by atoms with Crippen LogP contribution in [0.2, 0.25) is 10.0 Å². The number of hydrogen-bond donors (Lipinski definition) is 0. The molecule has 0 aliphatic rings. The smallest absolute Gasteiger partial charge is 0.0677 e. The van der Waals surface area contributed by atoms with E-state index in [1.165, 1.54) is 5.69 Å². The van der Waals surface area contributed by atoms with Crippen LogP contribution in [0.3, 0.4) is 0 Å². The summed E-state index contributed by atoms with van der Waals surface area (Å²) in [6.45, 7) is 4.85. The zero-order valence-electron chi connectivity index (χ0n) is 11.6. The summed E-state index contributed by atoms with van der Waals surface area (Å²) in [5, 5.41) is 5.98. The zero-order chi connectivity index (χ0) is 14.7. The highest BCUT2D eigenvalue weighted by molar-refractivity contribution is 6.35. The molecule has 0 radical (unpaired) electrons. The first-order chi connectivity index (χ1) is 9.60. The standard InChI is InChI=1S/C15H17Cl3N2/c1-3-14-12(8-16)15(4-2)20(19-14)9-10-5-6-11(17)7-13(10)18/h5-7H,3-4,8-9H2,1-2H3. The van der Waals surface area contributed by atoms with Crippen molar-refractivity contribution in [3.63, 3.8) is 0 Å². The topological polar surface area (TPSA) is 17.8 Å². The number of aryl methyl sites for hydroxylation is 1. The molecule has 2 rings (SSSR count). The molecular formula is C15H17Cl3N2. The highest BCUT2D eigenvalue weighted by atomic mass is 35.5. The molecule has 0 saturated carbocycles. The van der Waals surface area contributed by atoms with Crippen LogP contribution >= 0.6 is 34.8 Å². The van der Waals surface area contributed by atoms with Gasteiger partial charge in [-0.05, 0) is 30.5 Å². The molecular weight excluding hydrogens is 315 g/mol. The predicted molar refractivity (Wildman–Crippen MR) is 86.1 cm³/mol. The van der Waals surface area contributed by atoms with Gasteiger partial charge in [0.05, 0.1) is 18.1 Å². The second-order valence-electron chi connectivity index (χ2n) is 4.61. The minimum atomic E-state index is 0.501. The van der Waals surface area contributed by atoms with E-state index in [0.717, 1.165) is 29.7 Å². The van der Waals surface area contributed by atoms with Crippen molar-refractivity contribution in [1.82, 2.24) is 9.78 Å². The Bertz CT molecular complexity index is 605. The Morgan fingerprint density at radius 3 is 2.45 bits per heavy atom.